The fourth-order valence-corrected chi connectivity index (χ4v) is 2.63. The maximum Gasteiger partial charge on any atom is 0.266 e. The zero-order chi connectivity index (χ0) is 19.6. The second-order valence-corrected chi connectivity index (χ2v) is 7.26. The smallest absolute Gasteiger partial charge is 0.266 e. The zero-order valence-electron chi connectivity index (χ0n) is 14.8. The summed E-state index contributed by atoms with van der Waals surface area (Å²) in [6.45, 7) is 6.37. The molecule has 0 fully saturated rings. The molecule has 1 amide bonds. The van der Waals surface area contributed by atoms with Crippen LogP contribution in [0.3, 0.4) is 0 Å². The van der Waals surface area contributed by atoms with Gasteiger partial charge < -0.3 is 10.6 Å². The quantitative estimate of drug-likeness (QED) is 0.531. The molecule has 1 atom stereocenters. The Morgan fingerprint density at radius 1 is 1.04 bits per heavy atom. The van der Waals surface area contributed by atoms with Crippen LogP contribution < -0.4 is 10.6 Å². The summed E-state index contributed by atoms with van der Waals surface area (Å²) in [5.74, 6) is -0.914. The molecule has 0 aromatic heterocycles. The number of amides is 1. The first kappa shape index (κ1) is 21.4. The summed E-state index contributed by atoms with van der Waals surface area (Å²) < 4.78 is 29.2. The highest BCUT2D eigenvalue weighted by molar-refractivity contribution is 7.85. The van der Waals surface area contributed by atoms with Crippen LogP contribution in [0.4, 0.5) is 11.4 Å². The first-order valence-corrected chi connectivity index (χ1v) is 9.57. The minimum absolute atomic E-state index is 0.294. The molecule has 26 heavy (non-hydrogen) atoms. The molecule has 2 aromatic carbocycles. The molecule has 0 heterocycles. The fourth-order valence-electron chi connectivity index (χ4n) is 1.91. The first-order chi connectivity index (χ1) is 12.2. The van der Waals surface area contributed by atoms with Gasteiger partial charge in [0.1, 0.15) is 0 Å². The number of anilines is 2. The molecule has 7 heteroatoms. The molecular formula is C19H24N2O4S. The van der Waals surface area contributed by atoms with Gasteiger partial charge in [0.15, 0.2) is 0 Å². The standard InChI is InChI=1S/C12H11N.C7H13NO4S/c1-3-7-11(8-4-1)13-12-9-5-2-6-10-12;1-5(2)7(9)8-6(3)4-13(10,11)12/h1-10,13H;6H,1,4H2,2-3H3,(H,8,9)(H,10,11,12). The molecule has 0 saturated heterocycles. The Morgan fingerprint density at radius 2 is 1.46 bits per heavy atom. The Kier molecular flexibility index (Phi) is 8.54. The van der Waals surface area contributed by atoms with Gasteiger partial charge in [-0.2, -0.15) is 8.42 Å². The van der Waals surface area contributed by atoms with Gasteiger partial charge in [0, 0.05) is 23.0 Å². The Balaban J connectivity index is 0.000000260. The van der Waals surface area contributed by atoms with E-state index in [2.05, 4.69) is 17.2 Å². The van der Waals surface area contributed by atoms with Crippen molar-refractivity contribution in [2.75, 3.05) is 11.1 Å². The van der Waals surface area contributed by atoms with Crippen molar-refractivity contribution in [3.8, 4) is 0 Å². The monoisotopic (exact) mass is 376 g/mol. The second kappa shape index (κ2) is 10.4. The minimum Gasteiger partial charge on any atom is -0.356 e. The third-order valence-electron chi connectivity index (χ3n) is 3.06. The van der Waals surface area contributed by atoms with E-state index in [-0.39, 0.29) is 0 Å². The predicted molar refractivity (Wildman–Crippen MR) is 105 cm³/mol. The van der Waals surface area contributed by atoms with Crippen LogP contribution in [0, 0.1) is 0 Å². The van der Waals surface area contributed by atoms with Crippen molar-refractivity contribution in [3.63, 3.8) is 0 Å². The van der Waals surface area contributed by atoms with Gasteiger partial charge in [0.05, 0.1) is 5.75 Å². The first-order valence-electron chi connectivity index (χ1n) is 7.96. The Labute approximate surface area is 154 Å². The van der Waals surface area contributed by atoms with Crippen LogP contribution in [0.2, 0.25) is 0 Å². The molecule has 6 nitrogen and oxygen atoms in total. The molecule has 1 unspecified atom stereocenters. The number of hydrogen-bond donors (Lipinski definition) is 3. The van der Waals surface area contributed by atoms with E-state index in [0.29, 0.717) is 5.57 Å². The van der Waals surface area contributed by atoms with Gasteiger partial charge in [-0.05, 0) is 38.1 Å². The molecule has 0 aliphatic rings. The van der Waals surface area contributed by atoms with Crippen LogP contribution >= 0.6 is 0 Å². The van der Waals surface area contributed by atoms with E-state index in [1.807, 2.05) is 60.7 Å². The Morgan fingerprint density at radius 3 is 1.81 bits per heavy atom. The fraction of sp³-hybridized carbons (Fsp3) is 0.211. The molecule has 0 radical (unpaired) electrons. The normalized spacial score (nSPS) is 11.5. The van der Waals surface area contributed by atoms with Gasteiger partial charge in [-0.25, -0.2) is 0 Å². The highest BCUT2D eigenvalue weighted by Crippen LogP contribution is 2.14. The van der Waals surface area contributed by atoms with Crippen molar-refractivity contribution in [2.45, 2.75) is 19.9 Å². The largest absolute Gasteiger partial charge is 0.356 e. The second-order valence-electron chi connectivity index (χ2n) is 5.76. The third kappa shape index (κ3) is 9.61. The van der Waals surface area contributed by atoms with Crippen LogP contribution in [0.5, 0.6) is 0 Å². The van der Waals surface area contributed by atoms with Crippen molar-refractivity contribution in [1.82, 2.24) is 5.32 Å². The molecule has 2 rings (SSSR count). The highest BCUT2D eigenvalue weighted by atomic mass is 32.2. The molecule has 0 bridgehead atoms. The van der Waals surface area contributed by atoms with Crippen LogP contribution in [0.15, 0.2) is 72.8 Å². The SMILES string of the molecule is C=C(C)C(=O)NC(C)CS(=O)(=O)O.c1ccc(Nc2ccccc2)cc1. The minimum atomic E-state index is -4.04. The predicted octanol–water partition coefficient (Wildman–Crippen LogP) is 3.39. The van der Waals surface area contributed by atoms with Gasteiger partial charge in [0.2, 0.25) is 5.91 Å². The molecule has 0 spiro atoms. The number of rotatable bonds is 6. The van der Waals surface area contributed by atoms with Crippen LogP contribution in [-0.4, -0.2) is 30.7 Å². The van der Waals surface area contributed by atoms with E-state index in [1.165, 1.54) is 13.8 Å². The number of carbonyl (C=O) groups excluding carboxylic acids is 1. The lowest BCUT2D eigenvalue weighted by molar-refractivity contribution is -0.117. The van der Waals surface area contributed by atoms with E-state index >= 15 is 0 Å². The molecule has 140 valence electrons. The third-order valence-corrected chi connectivity index (χ3v) is 3.98. The van der Waals surface area contributed by atoms with E-state index in [4.69, 9.17) is 4.55 Å². The van der Waals surface area contributed by atoms with Crippen molar-refractivity contribution < 1.29 is 17.8 Å². The lowest BCUT2D eigenvalue weighted by Crippen LogP contribution is -2.37. The van der Waals surface area contributed by atoms with E-state index in [1.54, 1.807) is 0 Å². The lowest BCUT2D eigenvalue weighted by Gasteiger charge is -2.11. The Hall–Kier alpha value is -2.64. The number of hydrogen-bond acceptors (Lipinski definition) is 4. The molecule has 0 aliphatic heterocycles. The molecule has 0 aliphatic carbocycles. The zero-order valence-corrected chi connectivity index (χ0v) is 15.7. The summed E-state index contributed by atoms with van der Waals surface area (Å²) in [5, 5.41) is 5.66. The van der Waals surface area contributed by atoms with Crippen LogP contribution in [0.1, 0.15) is 13.8 Å². The van der Waals surface area contributed by atoms with Crippen molar-refractivity contribution >= 4 is 27.4 Å². The average Bonchev–Trinajstić information content (AvgIpc) is 2.55. The maximum absolute atomic E-state index is 11.0. The molecule has 0 saturated carbocycles. The molecule has 3 N–H and O–H groups in total. The highest BCUT2D eigenvalue weighted by Gasteiger charge is 2.14. The van der Waals surface area contributed by atoms with Crippen LogP contribution in [0.25, 0.3) is 0 Å². The number of para-hydroxylation sites is 2. The van der Waals surface area contributed by atoms with Crippen molar-refractivity contribution in [3.05, 3.63) is 72.8 Å². The number of carbonyl (C=O) groups is 1. The lowest BCUT2D eigenvalue weighted by atomic mass is 10.3. The van der Waals surface area contributed by atoms with E-state index in [0.717, 1.165) is 11.4 Å². The Bertz CT molecular complexity index is 768. The summed E-state index contributed by atoms with van der Waals surface area (Å²) in [6, 6.07) is 19.7. The summed E-state index contributed by atoms with van der Waals surface area (Å²) in [5.41, 5.74) is 2.53. The molecular weight excluding hydrogens is 352 g/mol. The van der Waals surface area contributed by atoms with E-state index < -0.39 is 27.8 Å². The number of nitrogens with one attached hydrogen (secondary N) is 2. The summed E-state index contributed by atoms with van der Waals surface area (Å²) in [4.78, 5) is 11.0. The van der Waals surface area contributed by atoms with Gasteiger partial charge in [-0.1, -0.05) is 43.0 Å². The maximum atomic E-state index is 11.0. The van der Waals surface area contributed by atoms with E-state index in [9.17, 15) is 13.2 Å². The molecule has 2 aromatic rings. The number of benzene rings is 2. The van der Waals surface area contributed by atoms with Gasteiger partial charge in [-0.15, -0.1) is 0 Å². The summed E-state index contributed by atoms with van der Waals surface area (Å²) >= 11 is 0. The van der Waals surface area contributed by atoms with Crippen LogP contribution in [-0.2, 0) is 14.9 Å². The van der Waals surface area contributed by atoms with Gasteiger partial charge >= 0.3 is 0 Å². The van der Waals surface area contributed by atoms with Crippen molar-refractivity contribution in [2.24, 2.45) is 0 Å². The van der Waals surface area contributed by atoms with Crippen molar-refractivity contribution in [1.29, 1.82) is 0 Å². The van der Waals surface area contributed by atoms with Gasteiger partial charge in [-0.3, -0.25) is 9.35 Å². The summed E-state index contributed by atoms with van der Waals surface area (Å²) in [6.07, 6.45) is 0. The summed E-state index contributed by atoms with van der Waals surface area (Å²) in [7, 11) is -4.04. The van der Waals surface area contributed by atoms with Gasteiger partial charge in [0.25, 0.3) is 10.1 Å². The average molecular weight is 376 g/mol. The topological polar surface area (TPSA) is 95.5 Å².